The van der Waals surface area contributed by atoms with E-state index in [0.717, 1.165) is 6.07 Å². The minimum Gasteiger partial charge on any atom is -0.508 e. The molecule has 7 nitrogen and oxygen atoms in total. The van der Waals surface area contributed by atoms with Crippen molar-refractivity contribution < 1.29 is 34.8 Å². The van der Waals surface area contributed by atoms with Gasteiger partial charge in [-0.2, -0.15) is 0 Å². The summed E-state index contributed by atoms with van der Waals surface area (Å²) in [6, 6.07) is 2.47. The molecule has 3 rings (SSSR count). The number of benzene rings is 1. The summed E-state index contributed by atoms with van der Waals surface area (Å²) in [6.07, 6.45) is -0.636. The Balaban J connectivity index is 1.97. The molecular weight excluding hydrogens is 340 g/mol. The van der Waals surface area contributed by atoms with Gasteiger partial charge in [0.15, 0.2) is 11.6 Å². The van der Waals surface area contributed by atoms with Gasteiger partial charge in [-0.1, -0.05) is 13.0 Å². The normalized spacial score (nSPS) is 33.7. The average Bonchev–Trinajstić information content (AvgIpc) is 3.31. The quantitative estimate of drug-likeness (QED) is 0.514. The molecule has 1 heterocycles. The summed E-state index contributed by atoms with van der Waals surface area (Å²) in [5.41, 5.74) is 0.458. The minimum atomic E-state index is -1.55. The number of fused-ring (bicyclic) bond motifs is 3. The number of phenols is 2. The topological polar surface area (TPSA) is 128 Å². The zero-order valence-electron chi connectivity index (χ0n) is 14.3. The molecule has 5 atom stereocenters. The van der Waals surface area contributed by atoms with E-state index in [1.165, 1.54) is 12.1 Å². The molecule has 26 heavy (non-hydrogen) atoms. The number of epoxide rings is 1. The Labute approximate surface area is 150 Å². The molecule has 1 fully saturated rings. The van der Waals surface area contributed by atoms with Gasteiger partial charge in [-0.3, -0.25) is 9.59 Å². The molecule has 1 aromatic rings. The third-order valence-corrected chi connectivity index (χ3v) is 4.78. The lowest BCUT2D eigenvalue weighted by atomic mass is 9.90. The standard InChI is InChI=1S/C19H22O7/c1-9-3-2-4-12(21)18(25)15(24)8-16-19(26-16)11-6-10(20)7-14(23)17(11)13(22)5-9/h2,4,6-7,9,15-16,18-20,23-25H,3,5,8H2,1H3/b4-2-/t9-,15-,16-,18+,19+/m0/s1. The summed E-state index contributed by atoms with van der Waals surface area (Å²) in [7, 11) is 0. The molecular formula is C19H22O7. The second-order valence-corrected chi connectivity index (χ2v) is 7.05. The van der Waals surface area contributed by atoms with Crippen LogP contribution in [0.25, 0.3) is 0 Å². The summed E-state index contributed by atoms with van der Waals surface area (Å²) in [5, 5.41) is 40.0. The van der Waals surface area contributed by atoms with E-state index < -0.39 is 30.2 Å². The Morgan fingerprint density at radius 2 is 1.88 bits per heavy atom. The Bertz CT molecular complexity index is 754. The van der Waals surface area contributed by atoms with Crippen LogP contribution >= 0.6 is 0 Å². The maximum Gasteiger partial charge on any atom is 0.186 e. The average molecular weight is 362 g/mol. The third-order valence-electron chi connectivity index (χ3n) is 4.78. The number of hydrogen-bond donors (Lipinski definition) is 4. The first kappa shape index (κ1) is 18.6. The Morgan fingerprint density at radius 3 is 2.62 bits per heavy atom. The number of phenolic OH excluding ortho intramolecular Hbond substituents is 2. The molecule has 140 valence electrons. The fourth-order valence-electron chi connectivity index (χ4n) is 3.33. The van der Waals surface area contributed by atoms with Gasteiger partial charge in [-0.05, 0) is 24.5 Å². The van der Waals surface area contributed by atoms with Gasteiger partial charge in [0.05, 0.1) is 17.8 Å². The SMILES string of the molecule is C[C@H]1C/C=C\C(=O)[C@@H](O)[C@@H](O)C[C@@H]2O[C@@H]2c2cc(O)cc(O)c2C(=O)C1. The van der Waals surface area contributed by atoms with Crippen molar-refractivity contribution in [1.29, 1.82) is 0 Å². The first-order chi connectivity index (χ1) is 12.3. The number of Topliss-reactive ketones (excluding diaryl/α,β-unsaturated/α-hetero) is 1. The van der Waals surface area contributed by atoms with E-state index in [1.54, 1.807) is 6.08 Å². The molecule has 1 saturated heterocycles. The van der Waals surface area contributed by atoms with Gasteiger partial charge in [0.1, 0.15) is 23.7 Å². The van der Waals surface area contributed by atoms with Gasteiger partial charge in [0, 0.05) is 24.5 Å². The van der Waals surface area contributed by atoms with Crippen LogP contribution in [0, 0.1) is 5.92 Å². The van der Waals surface area contributed by atoms with Crippen LogP contribution < -0.4 is 0 Å². The third kappa shape index (κ3) is 3.80. The van der Waals surface area contributed by atoms with Gasteiger partial charge in [-0.15, -0.1) is 0 Å². The lowest BCUT2D eigenvalue weighted by molar-refractivity contribution is -0.128. The number of ether oxygens (including phenoxy) is 1. The van der Waals surface area contributed by atoms with Crippen molar-refractivity contribution in [3.63, 3.8) is 0 Å². The van der Waals surface area contributed by atoms with E-state index in [2.05, 4.69) is 0 Å². The van der Waals surface area contributed by atoms with Crippen LogP contribution in [0.5, 0.6) is 11.5 Å². The molecule has 0 bridgehead atoms. The smallest absolute Gasteiger partial charge is 0.186 e. The van der Waals surface area contributed by atoms with E-state index in [9.17, 15) is 30.0 Å². The van der Waals surface area contributed by atoms with Crippen molar-refractivity contribution in [3.8, 4) is 11.5 Å². The predicted molar refractivity (Wildman–Crippen MR) is 90.9 cm³/mol. The molecule has 7 heteroatoms. The second kappa shape index (κ2) is 7.19. The predicted octanol–water partition coefficient (Wildman–Crippen LogP) is 1.39. The lowest BCUT2D eigenvalue weighted by Crippen LogP contribution is -2.34. The molecule has 0 saturated carbocycles. The van der Waals surface area contributed by atoms with Crippen molar-refractivity contribution >= 4 is 11.6 Å². The number of hydrogen-bond acceptors (Lipinski definition) is 7. The van der Waals surface area contributed by atoms with Crippen LogP contribution in [0.3, 0.4) is 0 Å². The molecule has 0 unspecified atom stereocenters. The number of rotatable bonds is 0. The van der Waals surface area contributed by atoms with Crippen molar-refractivity contribution in [3.05, 3.63) is 35.4 Å². The molecule has 0 amide bonds. The Hall–Kier alpha value is -2.22. The number of carbonyl (C=O) groups excluding carboxylic acids is 2. The van der Waals surface area contributed by atoms with E-state index >= 15 is 0 Å². The monoisotopic (exact) mass is 362 g/mol. The van der Waals surface area contributed by atoms with Crippen LogP contribution in [-0.4, -0.2) is 50.3 Å². The summed E-state index contributed by atoms with van der Waals surface area (Å²) in [5.74, 6) is -1.49. The van der Waals surface area contributed by atoms with Crippen LogP contribution in [0.4, 0.5) is 0 Å². The van der Waals surface area contributed by atoms with E-state index in [1.807, 2.05) is 6.92 Å². The van der Waals surface area contributed by atoms with Gasteiger partial charge >= 0.3 is 0 Å². The zero-order valence-corrected chi connectivity index (χ0v) is 14.3. The van der Waals surface area contributed by atoms with Crippen molar-refractivity contribution in [2.45, 2.75) is 50.6 Å². The van der Waals surface area contributed by atoms with Crippen LogP contribution in [0.2, 0.25) is 0 Å². The molecule has 0 spiro atoms. The van der Waals surface area contributed by atoms with E-state index in [4.69, 9.17) is 4.74 Å². The second-order valence-electron chi connectivity index (χ2n) is 7.05. The van der Waals surface area contributed by atoms with E-state index in [0.29, 0.717) is 12.0 Å². The molecule has 0 radical (unpaired) electrons. The van der Waals surface area contributed by atoms with Gasteiger partial charge in [0.25, 0.3) is 0 Å². The maximum absolute atomic E-state index is 12.7. The number of aliphatic hydroxyl groups is 2. The summed E-state index contributed by atoms with van der Waals surface area (Å²) >= 11 is 0. The molecule has 1 aliphatic carbocycles. The fourth-order valence-corrected chi connectivity index (χ4v) is 3.33. The van der Waals surface area contributed by atoms with Crippen LogP contribution in [-0.2, 0) is 9.53 Å². The first-order valence-corrected chi connectivity index (χ1v) is 8.59. The maximum atomic E-state index is 12.7. The van der Waals surface area contributed by atoms with E-state index in [-0.39, 0.29) is 41.6 Å². The summed E-state index contributed by atoms with van der Waals surface area (Å²) in [4.78, 5) is 24.6. The Kier molecular flexibility index (Phi) is 5.13. The number of ketones is 2. The highest BCUT2D eigenvalue weighted by Gasteiger charge is 2.45. The highest BCUT2D eigenvalue weighted by atomic mass is 16.6. The summed E-state index contributed by atoms with van der Waals surface area (Å²) in [6.45, 7) is 1.83. The molecule has 4 N–H and O–H groups in total. The van der Waals surface area contributed by atoms with Gasteiger partial charge in [0.2, 0.25) is 0 Å². The van der Waals surface area contributed by atoms with Crippen LogP contribution in [0.1, 0.15) is 48.2 Å². The zero-order chi connectivity index (χ0) is 19.0. The highest BCUT2D eigenvalue weighted by Crippen LogP contribution is 2.46. The summed E-state index contributed by atoms with van der Waals surface area (Å²) < 4.78 is 5.48. The molecule has 1 aromatic carbocycles. The molecule has 1 aliphatic heterocycles. The number of carbonyl (C=O) groups is 2. The number of aromatic hydroxyl groups is 2. The van der Waals surface area contributed by atoms with Gasteiger partial charge in [-0.25, -0.2) is 0 Å². The van der Waals surface area contributed by atoms with Gasteiger partial charge < -0.3 is 25.2 Å². The number of allylic oxidation sites excluding steroid dienone is 1. The lowest BCUT2D eigenvalue weighted by Gasteiger charge is -2.16. The Morgan fingerprint density at radius 1 is 1.15 bits per heavy atom. The van der Waals surface area contributed by atoms with Crippen molar-refractivity contribution in [1.82, 2.24) is 0 Å². The fraction of sp³-hybridized carbons (Fsp3) is 0.474. The minimum absolute atomic E-state index is 0.00807. The highest BCUT2D eigenvalue weighted by molar-refractivity contribution is 6.00. The van der Waals surface area contributed by atoms with Crippen molar-refractivity contribution in [2.75, 3.05) is 0 Å². The molecule has 2 aliphatic rings. The van der Waals surface area contributed by atoms with Crippen LogP contribution in [0.15, 0.2) is 24.3 Å². The first-order valence-electron chi connectivity index (χ1n) is 8.59. The van der Waals surface area contributed by atoms with Crippen molar-refractivity contribution in [2.24, 2.45) is 5.92 Å². The largest absolute Gasteiger partial charge is 0.508 e. The molecule has 0 aromatic heterocycles. The number of aliphatic hydroxyl groups excluding tert-OH is 2.